The average Bonchev–Trinajstić information content (AvgIpc) is 2.94. The number of hydrogen-bond acceptors (Lipinski definition) is 6. The summed E-state index contributed by atoms with van der Waals surface area (Å²) in [6.07, 6.45) is 0.0888. The molecule has 2 fully saturated rings. The number of aliphatic hydroxyl groups is 1. The summed E-state index contributed by atoms with van der Waals surface area (Å²) in [6, 6.07) is 26.3. The number of benzene rings is 3. The van der Waals surface area contributed by atoms with Crippen LogP contribution in [0.15, 0.2) is 78.9 Å². The van der Waals surface area contributed by atoms with Gasteiger partial charge in [0.25, 0.3) is 0 Å². The summed E-state index contributed by atoms with van der Waals surface area (Å²) in [5.41, 5.74) is 4.91. The largest absolute Gasteiger partial charge is 0.392 e. The Balaban J connectivity index is 1.27. The van der Waals surface area contributed by atoms with Crippen LogP contribution in [0.25, 0.3) is 0 Å². The maximum absolute atomic E-state index is 11.6. The Kier molecular flexibility index (Phi) is 8.83. The molecule has 2 saturated heterocycles. The molecule has 3 aromatic rings. The van der Waals surface area contributed by atoms with Gasteiger partial charge in [0, 0.05) is 63.9 Å². The predicted octanol–water partition coefficient (Wildman–Crippen LogP) is 4.50. The monoisotopic (exact) mass is 515 g/mol. The van der Waals surface area contributed by atoms with Crippen LogP contribution in [-0.2, 0) is 27.4 Å². The summed E-state index contributed by atoms with van der Waals surface area (Å²) in [4.78, 5) is 16.6. The molecule has 2 N–H and O–H groups in total. The van der Waals surface area contributed by atoms with Gasteiger partial charge in [-0.2, -0.15) is 0 Å². The molecule has 0 spiro atoms. The number of piperazine rings is 1. The third-order valence-corrected chi connectivity index (χ3v) is 7.27. The molecule has 7 nitrogen and oxygen atoms in total. The first-order valence-corrected chi connectivity index (χ1v) is 13.4. The molecule has 0 bridgehead atoms. The molecule has 0 saturated carbocycles. The standard InChI is InChI=1S/C31H37N3O4/c1-23(36)32-28-9-5-8-27(18-28)31-37-29(19-30(38-31)26-12-10-25(22-35)11-13-26)21-34-16-14-33(15-17-34)20-24-6-3-2-4-7-24/h2-13,18,29-31,35H,14-17,19-22H2,1H3,(H,32,36). The van der Waals surface area contributed by atoms with Crippen LogP contribution in [0.3, 0.4) is 0 Å². The third kappa shape index (κ3) is 7.07. The van der Waals surface area contributed by atoms with Crippen molar-refractivity contribution >= 4 is 11.6 Å². The summed E-state index contributed by atoms with van der Waals surface area (Å²) in [7, 11) is 0. The fourth-order valence-corrected chi connectivity index (χ4v) is 5.26. The summed E-state index contributed by atoms with van der Waals surface area (Å²) in [5.74, 6) is -0.112. The van der Waals surface area contributed by atoms with Crippen LogP contribution in [0, 0.1) is 0 Å². The van der Waals surface area contributed by atoms with Gasteiger partial charge in [0.1, 0.15) is 0 Å². The first-order valence-electron chi connectivity index (χ1n) is 13.4. The van der Waals surface area contributed by atoms with Gasteiger partial charge < -0.3 is 19.9 Å². The minimum atomic E-state index is -0.538. The number of nitrogens with one attached hydrogen (secondary N) is 1. The van der Waals surface area contributed by atoms with E-state index in [4.69, 9.17) is 9.47 Å². The SMILES string of the molecule is CC(=O)Nc1cccc(C2OC(CN3CCN(Cc4ccccc4)CC3)CC(c3ccc(CO)cc3)O2)c1. The average molecular weight is 516 g/mol. The number of carbonyl (C=O) groups excluding carboxylic acids is 1. The van der Waals surface area contributed by atoms with Crippen LogP contribution in [0.5, 0.6) is 0 Å². The third-order valence-electron chi connectivity index (χ3n) is 7.27. The van der Waals surface area contributed by atoms with E-state index < -0.39 is 6.29 Å². The van der Waals surface area contributed by atoms with Crippen molar-refractivity contribution in [3.8, 4) is 0 Å². The van der Waals surface area contributed by atoms with Crippen LogP contribution >= 0.6 is 0 Å². The van der Waals surface area contributed by atoms with E-state index in [1.165, 1.54) is 12.5 Å². The van der Waals surface area contributed by atoms with E-state index in [2.05, 4.69) is 45.4 Å². The van der Waals surface area contributed by atoms with Gasteiger partial charge in [-0.1, -0.05) is 66.7 Å². The lowest BCUT2D eigenvalue weighted by Crippen LogP contribution is -2.49. The number of rotatable bonds is 8. The molecular weight excluding hydrogens is 478 g/mol. The summed E-state index contributed by atoms with van der Waals surface area (Å²) in [6.45, 7) is 7.43. The van der Waals surface area contributed by atoms with Gasteiger partial charge in [0.15, 0.2) is 6.29 Å². The Morgan fingerprint density at radius 2 is 1.61 bits per heavy atom. The molecular formula is C31H37N3O4. The number of anilines is 1. The first kappa shape index (κ1) is 26.5. The first-order chi connectivity index (χ1) is 18.6. The van der Waals surface area contributed by atoms with Crippen LogP contribution in [0.1, 0.15) is 48.0 Å². The van der Waals surface area contributed by atoms with Crippen molar-refractivity contribution in [1.29, 1.82) is 0 Å². The minimum absolute atomic E-state index is 0.00126. The van der Waals surface area contributed by atoms with Gasteiger partial charge in [-0.25, -0.2) is 0 Å². The van der Waals surface area contributed by atoms with Gasteiger partial charge in [0.2, 0.25) is 5.91 Å². The Labute approximate surface area is 225 Å². The van der Waals surface area contributed by atoms with Crippen molar-refractivity contribution in [2.75, 3.05) is 38.0 Å². The molecule has 3 aromatic carbocycles. The normalized spacial score (nSPS) is 22.7. The highest BCUT2D eigenvalue weighted by atomic mass is 16.7. The quantitative estimate of drug-likeness (QED) is 0.460. The van der Waals surface area contributed by atoms with E-state index in [-0.39, 0.29) is 24.7 Å². The van der Waals surface area contributed by atoms with Crippen LogP contribution in [-0.4, -0.2) is 59.6 Å². The lowest BCUT2D eigenvalue weighted by molar-refractivity contribution is -0.253. The number of nitrogens with zero attached hydrogens (tertiary/aromatic N) is 2. The molecule has 0 aliphatic carbocycles. The highest BCUT2D eigenvalue weighted by molar-refractivity contribution is 5.88. The van der Waals surface area contributed by atoms with Gasteiger partial charge >= 0.3 is 0 Å². The minimum Gasteiger partial charge on any atom is -0.392 e. The van der Waals surface area contributed by atoms with Crippen molar-refractivity contribution < 1.29 is 19.4 Å². The van der Waals surface area contributed by atoms with Gasteiger partial charge in [0.05, 0.1) is 18.8 Å². The highest BCUT2D eigenvalue weighted by Gasteiger charge is 2.34. The van der Waals surface area contributed by atoms with Gasteiger partial charge in [-0.05, 0) is 28.8 Å². The fourth-order valence-electron chi connectivity index (χ4n) is 5.26. The zero-order valence-corrected chi connectivity index (χ0v) is 22.0. The lowest BCUT2D eigenvalue weighted by Gasteiger charge is -2.41. The Bertz CT molecular complexity index is 1180. The fraction of sp³-hybridized carbons (Fsp3) is 0.387. The molecule has 2 aliphatic rings. The molecule has 7 heteroatoms. The molecule has 200 valence electrons. The smallest absolute Gasteiger partial charge is 0.221 e. The second kappa shape index (κ2) is 12.7. The molecule has 38 heavy (non-hydrogen) atoms. The van der Waals surface area contributed by atoms with Crippen molar-refractivity contribution in [2.24, 2.45) is 0 Å². The van der Waals surface area contributed by atoms with Crippen LogP contribution in [0.2, 0.25) is 0 Å². The molecule has 0 aromatic heterocycles. The van der Waals surface area contributed by atoms with E-state index in [1.54, 1.807) is 0 Å². The topological polar surface area (TPSA) is 74.3 Å². The summed E-state index contributed by atoms with van der Waals surface area (Å²) in [5, 5.41) is 12.3. The molecule has 2 heterocycles. The predicted molar refractivity (Wildman–Crippen MR) is 147 cm³/mol. The second-order valence-electron chi connectivity index (χ2n) is 10.2. The maximum Gasteiger partial charge on any atom is 0.221 e. The van der Waals surface area contributed by atoms with E-state index in [1.807, 2.05) is 48.5 Å². The molecule has 2 aliphatic heterocycles. The molecule has 3 atom stereocenters. The van der Waals surface area contributed by atoms with Crippen LogP contribution < -0.4 is 5.32 Å². The highest BCUT2D eigenvalue weighted by Crippen LogP contribution is 2.38. The lowest BCUT2D eigenvalue weighted by atomic mass is 9.99. The van der Waals surface area contributed by atoms with E-state index in [0.29, 0.717) is 0 Å². The zero-order chi connectivity index (χ0) is 26.3. The summed E-state index contributed by atoms with van der Waals surface area (Å²) < 4.78 is 13.0. The number of amides is 1. The van der Waals surface area contributed by atoms with Crippen molar-refractivity contribution in [1.82, 2.24) is 9.80 Å². The number of ether oxygens (including phenoxy) is 2. The molecule has 3 unspecified atom stereocenters. The maximum atomic E-state index is 11.6. The molecule has 0 radical (unpaired) electrons. The number of hydrogen-bond donors (Lipinski definition) is 2. The van der Waals surface area contributed by atoms with Gasteiger partial charge in [-0.15, -0.1) is 0 Å². The van der Waals surface area contributed by atoms with Crippen molar-refractivity contribution in [3.63, 3.8) is 0 Å². The molecule has 1 amide bonds. The summed E-state index contributed by atoms with van der Waals surface area (Å²) >= 11 is 0. The van der Waals surface area contributed by atoms with Crippen molar-refractivity contribution in [2.45, 2.75) is 45.0 Å². The van der Waals surface area contributed by atoms with Crippen molar-refractivity contribution in [3.05, 3.63) is 101 Å². The second-order valence-corrected chi connectivity index (χ2v) is 10.2. The van der Waals surface area contributed by atoms with Gasteiger partial charge in [-0.3, -0.25) is 14.6 Å². The Morgan fingerprint density at radius 3 is 2.32 bits per heavy atom. The van der Waals surface area contributed by atoms with E-state index >= 15 is 0 Å². The number of carbonyl (C=O) groups is 1. The Hall–Kier alpha value is -3.07. The number of aliphatic hydroxyl groups excluding tert-OH is 1. The Morgan fingerprint density at radius 1 is 0.868 bits per heavy atom. The van der Waals surface area contributed by atoms with Crippen LogP contribution in [0.4, 0.5) is 5.69 Å². The van der Waals surface area contributed by atoms with E-state index in [9.17, 15) is 9.90 Å². The molecule has 5 rings (SSSR count). The zero-order valence-electron chi connectivity index (χ0n) is 22.0. The van der Waals surface area contributed by atoms with E-state index in [0.717, 1.165) is 68.1 Å².